The molecule has 2 saturated heterocycles. The molecule has 4 heterocycles. The molecule has 1 aliphatic carbocycles. The molecule has 0 N–H and O–H groups in total. The maximum atomic E-state index is 13.0. The largest absolute Gasteiger partial charge is 0.447 e. The first-order valence-electron chi connectivity index (χ1n) is 11.5. The summed E-state index contributed by atoms with van der Waals surface area (Å²) in [6.45, 7) is 7.30. The molecule has 8 nitrogen and oxygen atoms in total. The molecule has 3 aliphatic rings. The van der Waals surface area contributed by atoms with E-state index in [1.54, 1.807) is 23.2 Å². The number of carbonyl (C=O) groups is 2. The molecule has 3 fully saturated rings. The van der Waals surface area contributed by atoms with Crippen molar-refractivity contribution < 1.29 is 14.3 Å². The number of hydrogen-bond donors (Lipinski definition) is 0. The van der Waals surface area contributed by atoms with Crippen LogP contribution in [0.1, 0.15) is 53.6 Å². The summed E-state index contributed by atoms with van der Waals surface area (Å²) in [7, 11) is 0. The second kappa shape index (κ2) is 9.55. The van der Waals surface area contributed by atoms with Crippen LogP contribution in [0.25, 0.3) is 0 Å². The predicted molar refractivity (Wildman–Crippen MR) is 128 cm³/mol. The molecule has 176 valence electrons. The number of rotatable bonds is 5. The third kappa shape index (κ3) is 4.62. The maximum absolute atomic E-state index is 13.0. The van der Waals surface area contributed by atoms with E-state index in [0.717, 1.165) is 25.3 Å². The molecule has 5 rings (SSSR count). The third-order valence-electron chi connectivity index (χ3n) is 6.66. The zero-order valence-corrected chi connectivity index (χ0v) is 19.9. The average Bonchev–Trinajstić information content (AvgIpc) is 3.61. The van der Waals surface area contributed by atoms with E-state index in [9.17, 15) is 9.59 Å². The van der Waals surface area contributed by atoms with Crippen LogP contribution in [0.2, 0.25) is 0 Å². The number of aromatic nitrogens is 2. The maximum Gasteiger partial charge on any atom is 0.415 e. The minimum absolute atomic E-state index is 0. The Hall–Kier alpha value is -2.87. The smallest absolute Gasteiger partial charge is 0.415 e. The van der Waals surface area contributed by atoms with E-state index < -0.39 is 0 Å². The van der Waals surface area contributed by atoms with Crippen LogP contribution in [-0.4, -0.2) is 65.7 Å². The van der Waals surface area contributed by atoms with Gasteiger partial charge in [-0.15, -0.1) is 12.4 Å². The number of cyclic esters (lactones) is 1. The number of pyridine rings is 2. The molecule has 0 unspecified atom stereocenters. The Morgan fingerprint density at radius 2 is 1.88 bits per heavy atom. The monoisotopic (exact) mass is 471 g/mol. The SMILES string of the molecule is CC[C@@H]1COC(=O)N1c1ccc(C(=O)N2CCN(c3ncc(C4CC4)cc3C)CC2)cn1.Cl. The van der Waals surface area contributed by atoms with Gasteiger partial charge in [0, 0.05) is 38.6 Å². The van der Waals surface area contributed by atoms with E-state index in [2.05, 4.69) is 22.9 Å². The van der Waals surface area contributed by atoms with E-state index in [1.165, 1.54) is 24.0 Å². The summed E-state index contributed by atoms with van der Waals surface area (Å²) < 4.78 is 5.13. The van der Waals surface area contributed by atoms with Crippen molar-refractivity contribution >= 4 is 36.0 Å². The average molecular weight is 472 g/mol. The molecule has 0 radical (unpaired) electrons. The summed E-state index contributed by atoms with van der Waals surface area (Å²) in [5.74, 6) is 2.22. The predicted octanol–water partition coefficient (Wildman–Crippen LogP) is 3.78. The van der Waals surface area contributed by atoms with Crippen LogP contribution in [0, 0.1) is 6.92 Å². The van der Waals surface area contributed by atoms with Crippen LogP contribution in [0.5, 0.6) is 0 Å². The van der Waals surface area contributed by atoms with Gasteiger partial charge in [-0.1, -0.05) is 13.0 Å². The molecule has 2 aromatic rings. The molecule has 1 saturated carbocycles. The fourth-order valence-corrected chi connectivity index (χ4v) is 4.56. The van der Waals surface area contributed by atoms with Gasteiger partial charge in [0.25, 0.3) is 5.91 Å². The molecule has 2 amide bonds. The van der Waals surface area contributed by atoms with Crippen molar-refractivity contribution in [1.82, 2.24) is 14.9 Å². The fourth-order valence-electron chi connectivity index (χ4n) is 4.56. The van der Waals surface area contributed by atoms with Crippen LogP contribution in [0.4, 0.5) is 16.4 Å². The van der Waals surface area contributed by atoms with E-state index >= 15 is 0 Å². The van der Waals surface area contributed by atoms with Crippen molar-refractivity contribution in [2.75, 3.05) is 42.6 Å². The van der Waals surface area contributed by atoms with Crippen molar-refractivity contribution in [2.45, 2.75) is 45.1 Å². The summed E-state index contributed by atoms with van der Waals surface area (Å²) >= 11 is 0. The molecule has 2 aromatic heterocycles. The van der Waals surface area contributed by atoms with Crippen molar-refractivity contribution in [3.63, 3.8) is 0 Å². The number of piperazine rings is 1. The van der Waals surface area contributed by atoms with Gasteiger partial charge in [-0.25, -0.2) is 14.8 Å². The lowest BCUT2D eigenvalue weighted by Gasteiger charge is -2.36. The number of halogens is 1. The molecular weight excluding hydrogens is 442 g/mol. The minimum atomic E-state index is -0.381. The fraction of sp³-hybridized carbons (Fsp3) is 0.500. The number of hydrogen-bond acceptors (Lipinski definition) is 6. The van der Waals surface area contributed by atoms with E-state index in [1.807, 2.05) is 18.0 Å². The lowest BCUT2D eigenvalue weighted by molar-refractivity contribution is 0.0746. The van der Waals surface area contributed by atoms with Crippen LogP contribution >= 0.6 is 12.4 Å². The highest BCUT2D eigenvalue weighted by Gasteiger charge is 2.34. The van der Waals surface area contributed by atoms with Gasteiger partial charge >= 0.3 is 6.09 Å². The van der Waals surface area contributed by atoms with Crippen molar-refractivity contribution in [2.24, 2.45) is 0 Å². The van der Waals surface area contributed by atoms with Gasteiger partial charge < -0.3 is 14.5 Å². The van der Waals surface area contributed by atoms with Crippen LogP contribution in [0.15, 0.2) is 30.6 Å². The molecule has 0 bridgehead atoms. The summed E-state index contributed by atoms with van der Waals surface area (Å²) in [6, 6.07) is 5.73. The first kappa shape index (κ1) is 23.3. The Morgan fingerprint density at radius 3 is 2.48 bits per heavy atom. The Labute approximate surface area is 200 Å². The van der Waals surface area contributed by atoms with Crippen LogP contribution in [0.3, 0.4) is 0 Å². The quantitative estimate of drug-likeness (QED) is 0.660. The van der Waals surface area contributed by atoms with Gasteiger partial charge in [-0.05, 0) is 55.4 Å². The second-order valence-corrected chi connectivity index (χ2v) is 8.88. The van der Waals surface area contributed by atoms with Gasteiger partial charge in [0.05, 0.1) is 11.6 Å². The highest BCUT2D eigenvalue weighted by molar-refractivity contribution is 5.95. The zero-order valence-electron chi connectivity index (χ0n) is 19.1. The number of anilines is 2. The lowest BCUT2D eigenvalue weighted by Crippen LogP contribution is -2.49. The standard InChI is InChI=1S/C24H29N5O3.ClH/c1-3-20-15-32-24(31)29(20)21-7-6-18(13-25-21)23(30)28-10-8-27(9-11-28)22-16(2)12-19(14-26-22)17-4-5-17;/h6-7,12-14,17,20H,3-5,8-11,15H2,1-2H3;1H/t20-;/m1./s1. The van der Waals surface area contributed by atoms with Crippen molar-refractivity contribution in [1.29, 1.82) is 0 Å². The number of nitrogens with zero attached hydrogens (tertiary/aromatic N) is 5. The summed E-state index contributed by atoms with van der Waals surface area (Å²) in [4.78, 5) is 39.8. The van der Waals surface area contributed by atoms with Crippen LogP contribution in [-0.2, 0) is 4.74 Å². The Balaban J connectivity index is 0.00000259. The highest BCUT2D eigenvalue weighted by atomic mass is 35.5. The number of aryl methyl sites for hydroxylation is 1. The van der Waals surface area contributed by atoms with Crippen LogP contribution < -0.4 is 9.80 Å². The van der Waals surface area contributed by atoms with Gasteiger partial charge in [0.15, 0.2) is 0 Å². The Kier molecular flexibility index (Phi) is 6.74. The summed E-state index contributed by atoms with van der Waals surface area (Å²) in [5.41, 5.74) is 3.09. The normalized spacial score (nSPS) is 20.5. The number of ether oxygens (including phenoxy) is 1. The zero-order chi connectivity index (χ0) is 22.2. The van der Waals surface area contributed by atoms with E-state index in [-0.39, 0.29) is 30.4 Å². The first-order valence-corrected chi connectivity index (χ1v) is 11.5. The Bertz CT molecular complexity index is 1020. The van der Waals surface area contributed by atoms with Crippen molar-refractivity contribution in [3.05, 3.63) is 47.3 Å². The molecule has 2 aliphatic heterocycles. The number of amides is 2. The molecule has 0 aromatic carbocycles. The summed E-state index contributed by atoms with van der Waals surface area (Å²) in [5, 5.41) is 0. The van der Waals surface area contributed by atoms with E-state index in [4.69, 9.17) is 9.72 Å². The van der Waals surface area contributed by atoms with Gasteiger partial charge in [0.2, 0.25) is 0 Å². The first-order chi connectivity index (χ1) is 15.5. The lowest BCUT2D eigenvalue weighted by atomic mass is 10.1. The third-order valence-corrected chi connectivity index (χ3v) is 6.66. The molecule has 1 atom stereocenters. The highest BCUT2D eigenvalue weighted by Crippen LogP contribution is 2.40. The molecule has 9 heteroatoms. The second-order valence-electron chi connectivity index (χ2n) is 8.88. The van der Waals surface area contributed by atoms with Gasteiger partial charge in [-0.2, -0.15) is 0 Å². The molecular formula is C24H30ClN5O3. The minimum Gasteiger partial charge on any atom is -0.447 e. The van der Waals surface area contributed by atoms with Gasteiger partial charge in [-0.3, -0.25) is 9.69 Å². The van der Waals surface area contributed by atoms with Gasteiger partial charge in [0.1, 0.15) is 18.2 Å². The summed E-state index contributed by atoms with van der Waals surface area (Å²) in [6.07, 6.45) is 6.54. The van der Waals surface area contributed by atoms with E-state index in [0.29, 0.717) is 37.0 Å². The molecule has 0 spiro atoms. The topological polar surface area (TPSA) is 78.9 Å². The molecule has 33 heavy (non-hydrogen) atoms. The van der Waals surface area contributed by atoms with Crippen molar-refractivity contribution in [3.8, 4) is 0 Å². The number of carbonyl (C=O) groups excluding carboxylic acids is 2. The Morgan fingerprint density at radius 1 is 1.12 bits per heavy atom.